The highest BCUT2D eigenvalue weighted by Crippen LogP contribution is 2.32. The number of amides is 1. The number of hydrogen-bond donors (Lipinski definition) is 2. The topological polar surface area (TPSA) is 55.1 Å². The van der Waals surface area contributed by atoms with Crippen molar-refractivity contribution in [1.82, 2.24) is 0 Å². The van der Waals surface area contributed by atoms with Crippen molar-refractivity contribution in [3.05, 3.63) is 24.3 Å². The molecule has 1 aliphatic carbocycles. The first-order chi connectivity index (χ1) is 10.1. The van der Waals surface area contributed by atoms with Gasteiger partial charge in [0.2, 0.25) is 5.91 Å². The second-order valence-electron chi connectivity index (χ2n) is 6.04. The summed E-state index contributed by atoms with van der Waals surface area (Å²) < 4.78 is 0. The second kappa shape index (κ2) is 8.32. The number of nitrogen functional groups attached to an aromatic ring is 1. The van der Waals surface area contributed by atoms with Gasteiger partial charge < -0.3 is 11.1 Å². The molecule has 21 heavy (non-hydrogen) atoms. The number of hydrogen-bond acceptors (Lipinski definition) is 3. The fourth-order valence-corrected chi connectivity index (χ4v) is 4.29. The van der Waals surface area contributed by atoms with Crippen molar-refractivity contribution in [3.63, 3.8) is 0 Å². The van der Waals surface area contributed by atoms with E-state index in [1.54, 1.807) is 6.07 Å². The van der Waals surface area contributed by atoms with Crippen LogP contribution in [0.1, 0.15) is 45.4 Å². The molecule has 1 aliphatic rings. The molecule has 4 heteroatoms. The van der Waals surface area contributed by atoms with Crippen molar-refractivity contribution < 1.29 is 4.79 Å². The summed E-state index contributed by atoms with van der Waals surface area (Å²) in [4.78, 5) is 11.9. The SMILES string of the molecule is CC1CCCC(SCCCC(=O)Nc2cccc(N)c2)C1. The fourth-order valence-electron chi connectivity index (χ4n) is 2.85. The van der Waals surface area contributed by atoms with Crippen molar-refractivity contribution in [3.8, 4) is 0 Å². The van der Waals surface area contributed by atoms with Crippen molar-refractivity contribution in [2.24, 2.45) is 5.92 Å². The number of benzene rings is 1. The summed E-state index contributed by atoms with van der Waals surface area (Å²) in [5.41, 5.74) is 7.16. The van der Waals surface area contributed by atoms with Gasteiger partial charge in [-0.25, -0.2) is 0 Å². The van der Waals surface area contributed by atoms with Crippen molar-refractivity contribution in [2.75, 3.05) is 16.8 Å². The second-order valence-corrected chi connectivity index (χ2v) is 7.45. The molecule has 0 aliphatic heterocycles. The molecular weight excluding hydrogens is 280 g/mol. The molecule has 2 atom stereocenters. The number of carbonyl (C=O) groups excluding carboxylic acids is 1. The molecule has 0 heterocycles. The zero-order valence-electron chi connectivity index (χ0n) is 12.8. The van der Waals surface area contributed by atoms with Crippen LogP contribution in [0.25, 0.3) is 0 Å². The monoisotopic (exact) mass is 306 g/mol. The zero-order chi connectivity index (χ0) is 15.1. The Bertz CT molecular complexity index is 464. The number of nitrogens with one attached hydrogen (secondary N) is 1. The molecule has 3 N–H and O–H groups in total. The van der Waals surface area contributed by atoms with Gasteiger partial charge in [0.25, 0.3) is 0 Å². The van der Waals surface area contributed by atoms with Gasteiger partial charge in [-0.2, -0.15) is 11.8 Å². The lowest BCUT2D eigenvalue weighted by molar-refractivity contribution is -0.116. The number of anilines is 2. The predicted molar refractivity (Wildman–Crippen MR) is 92.6 cm³/mol. The van der Waals surface area contributed by atoms with E-state index in [2.05, 4.69) is 24.0 Å². The molecule has 0 bridgehead atoms. The molecule has 1 aromatic carbocycles. The maximum Gasteiger partial charge on any atom is 0.224 e. The maximum absolute atomic E-state index is 11.9. The highest BCUT2D eigenvalue weighted by Gasteiger charge is 2.18. The van der Waals surface area contributed by atoms with E-state index in [0.717, 1.165) is 29.0 Å². The predicted octanol–water partition coefficient (Wildman–Crippen LogP) is 4.30. The molecule has 1 amide bonds. The highest BCUT2D eigenvalue weighted by molar-refractivity contribution is 7.99. The minimum atomic E-state index is 0.0817. The van der Waals surface area contributed by atoms with Crippen LogP contribution in [0.3, 0.4) is 0 Å². The van der Waals surface area contributed by atoms with E-state index in [1.165, 1.54) is 25.7 Å². The first kappa shape index (κ1) is 16.2. The third-order valence-electron chi connectivity index (χ3n) is 3.96. The third kappa shape index (κ3) is 6.00. The number of rotatable bonds is 6. The van der Waals surface area contributed by atoms with Crippen molar-refractivity contribution >= 4 is 29.0 Å². The molecule has 116 valence electrons. The number of nitrogens with two attached hydrogens (primary N) is 1. The molecule has 0 spiro atoms. The van der Waals surface area contributed by atoms with Gasteiger partial charge in [-0.3, -0.25) is 4.79 Å². The molecule has 0 aromatic heterocycles. The van der Waals surface area contributed by atoms with Gasteiger partial charge in [-0.05, 0) is 49.1 Å². The van der Waals surface area contributed by atoms with Crippen LogP contribution in [0.4, 0.5) is 11.4 Å². The van der Waals surface area contributed by atoms with Gasteiger partial charge in [-0.15, -0.1) is 0 Å². The van der Waals surface area contributed by atoms with E-state index in [4.69, 9.17) is 5.73 Å². The summed E-state index contributed by atoms with van der Waals surface area (Å²) in [5, 5.41) is 3.71. The van der Waals surface area contributed by atoms with Crippen LogP contribution in [-0.2, 0) is 4.79 Å². The summed E-state index contributed by atoms with van der Waals surface area (Å²) >= 11 is 2.05. The fraction of sp³-hybridized carbons (Fsp3) is 0.588. The van der Waals surface area contributed by atoms with Crippen LogP contribution < -0.4 is 11.1 Å². The standard InChI is InChI=1S/C17H26N2OS/c1-13-5-2-8-16(11-13)21-10-4-9-17(20)19-15-7-3-6-14(18)12-15/h3,6-7,12-13,16H,2,4-5,8-11,18H2,1H3,(H,19,20). The third-order valence-corrected chi connectivity index (χ3v) is 5.38. The lowest BCUT2D eigenvalue weighted by Crippen LogP contribution is -2.16. The van der Waals surface area contributed by atoms with Gasteiger partial charge >= 0.3 is 0 Å². The molecule has 0 radical (unpaired) electrons. The first-order valence-corrected chi connectivity index (χ1v) is 8.95. The van der Waals surface area contributed by atoms with Crippen LogP contribution in [0.2, 0.25) is 0 Å². The molecular formula is C17H26N2OS. The van der Waals surface area contributed by atoms with Gasteiger partial charge in [0.15, 0.2) is 0 Å². The molecule has 1 fully saturated rings. The Morgan fingerprint density at radius 1 is 1.43 bits per heavy atom. The Morgan fingerprint density at radius 2 is 2.29 bits per heavy atom. The molecule has 1 saturated carbocycles. The van der Waals surface area contributed by atoms with E-state index in [9.17, 15) is 4.79 Å². The Balaban J connectivity index is 1.61. The quantitative estimate of drug-likeness (QED) is 0.608. The van der Waals surface area contributed by atoms with Crippen LogP contribution in [0, 0.1) is 5.92 Å². The lowest BCUT2D eigenvalue weighted by Gasteiger charge is -2.26. The summed E-state index contributed by atoms with van der Waals surface area (Å²) in [5.74, 6) is 2.04. The smallest absolute Gasteiger partial charge is 0.224 e. The number of carbonyl (C=O) groups is 1. The van der Waals surface area contributed by atoms with E-state index < -0.39 is 0 Å². The minimum Gasteiger partial charge on any atom is -0.399 e. The normalized spacial score (nSPS) is 22.0. The largest absolute Gasteiger partial charge is 0.399 e. The lowest BCUT2D eigenvalue weighted by atomic mass is 9.91. The van der Waals surface area contributed by atoms with Gasteiger partial charge in [0, 0.05) is 23.0 Å². The molecule has 1 aromatic rings. The Hall–Kier alpha value is -1.16. The van der Waals surface area contributed by atoms with Crippen LogP contribution in [0.15, 0.2) is 24.3 Å². The number of thioether (sulfide) groups is 1. The van der Waals surface area contributed by atoms with Crippen molar-refractivity contribution in [2.45, 2.75) is 50.7 Å². The van der Waals surface area contributed by atoms with Crippen LogP contribution in [0.5, 0.6) is 0 Å². The van der Waals surface area contributed by atoms with Crippen molar-refractivity contribution in [1.29, 1.82) is 0 Å². The molecule has 0 saturated heterocycles. The average molecular weight is 306 g/mol. The average Bonchev–Trinajstić information content (AvgIpc) is 2.44. The van der Waals surface area contributed by atoms with Gasteiger partial charge in [0.1, 0.15) is 0 Å². The van der Waals surface area contributed by atoms with E-state index >= 15 is 0 Å². The summed E-state index contributed by atoms with van der Waals surface area (Å²) in [6, 6.07) is 7.32. The molecule has 2 unspecified atom stereocenters. The van der Waals surface area contributed by atoms with Gasteiger partial charge in [-0.1, -0.05) is 25.8 Å². The summed E-state index contributed by atoms with van der Waals surface area (Å²) in [7, 11) is 0. The Labute approximate surface area is 132 Å². The van der Waals surface area contributed by atoms with Gasteiger partial charge in [0.05, 0.1) is 0 Å². The van der Waals surface area contributed by atoms with E-state index in [1.807, 2.05) is 18.2 Å². The minimum absolute atomic E-state index is 0.0817. The van der Waals surface area contributed by atoms with E-state index in [0.29, 0.717) is 12.1 Å². The summed E-state index contributed by atoms with van der Waals surface area (Å²) in [6.45, 7) is 2.35. The molecule has 3 nitrogen and oxygen atoms in total. The van der Waals surface area contributed by atoms with Crippen LogP contribution in [-0.4, -0.2) is 16.9 Å². The van der Waals surface area contributed by atoms with E-state index in [-0.39, 0.29) is 5.91 Å². The summed E-state index contributed by atoms with van der Waals surface area (Å²) in [6.07, 6.45) is 6.99. The maximum atomic E-state index is 11.9. The zero-order valence-corrected chi connectivity index (χ0v) is 13.6. The molecule has 2 rings (SSSR count). The van der Waals surface area contributed by atoms with Crippen LogP contribution >= 0.6 is 11.8 Å². The highest BCUT2D eigenvalue weighted by atomic mass is 32.2. The Morgan fingerprint density at radius 3 is 3.05 bits per heavy atom. The Kier molecular flexibility index (Phi) is 6.43. The first-order valence-electron chi connectivity index (χ1n) is 7.90.